The molecule has 0 bridgehead atoms. The van der Waals surface area contributed by atoms with Crippen LogP contribution in [0.25, 0.3) is 11.0 Å². The molecule has 0 aliphatic heterocycles. The van der Waals surface area contributed by atoms with Crippen molar-refractivity contribution in [1.29, 1.82) is 0 Å². The average molecular weight is 516 g/mol. The molecule has 0 saturated heterocycles. The molecule has 0 fully saturated rings. The first-order chi connectivity index (χ1) is 18.2. The smallest absolute Gasteiger partial charge is 0.247 e. The zero-order valence-corrected chi connectivity index (χ0v) is 22.3. The number of benzene rings is 3. The number of nitrogens with zero attached hydrogens (tertiary/aromatic N) is 4. The van der Waals surface area contributed by atoms with E-state index in [1.165, 1.54) is 0 Å². The van der Waals surface area contributed by atoms with E-state index in [1.807, 2.05) is 75.4 Å². The Morgan fingerprint density at radius 2 is 1.58 bits per heavy atom. The maximum absolute atomic E-state index is 14.0. The first kappa shape index (κ1) is 26.7. The van der Waals surface area contributed by atoms with E-state index < -0.39 is 11.6 Å². The monoisotopic (exact) mass is 515 g/mol. The summed E-state index contributed by atoms with van der Waals surface area (Å²) in [5.74, 6) is 0.422. The van der Waals surface area contributed by atoms with Crippen LogP contribution >= 0.6 is 0 Å². The van der Waals surface area contributed by atoms with Gasteiger partial charge in [0.15, 0.2) is 0 Å². The second-order valence-electron chi connectivity index (χ2n) is 10.0. The summed E-state index contributed by atoms with van der Waals surface area (Å²) in [5.41, 5.74) is 2.35. The Labute approximate surface area is 222 Å². The highest BCUT2D eigenvalue weighted by Gasteiger charge is 2.34. The molecule has 1 N–H and O–H groups in total. The molecule has 9 heteroatoms. The number of carbonyl (C=O) groups excluding carboxylic acids is 2. The summed E-state index contributed by atoms with van der Waals surface area (Å²) in [5, 5.41) is 11.4. The predicted molar refractivity (Wildman–Crippen MR) is 145 cm³/mol. The highest BCUT2D eigenvalue weighted by molar-refractivity contribution is 5.89. The molecule has 1 unspecified atom stereocenters. The van der Waals surface area contributed by atoms with Crippen molar-refractivity contribution < 1.29 is 19.1 Å². The van der Waals surface area contributed by atoms with Crippen molar-refractivity contribution in [2.24, 2.45) is 0 Å². The van der Waals surface area contributed by atoms with E-state index >= 15 is 0 Å². The number of aromatic nitrogens is 3. The van der Waals surface area contributed by atoms with Gasteiger partial charge in [0.05, 0.1) is 19.7 Å². The highest BCUT2D eigenvalue weighted by atomic mass is 16.5. The second kappa shape index (κ2) is 11.3. The fourth-order valence-corrected chi connectivity index (χ4v) is 4.25. The molecule has 0 radical (unpaired) electrons. The maximum atomic E-state index is 14.0. The highest BCUT2D eigenvalue weighted by Crippen LogP contribution is 2.32. The van der Waals surface area contributed by atoms with Crippen LogP contribution < -0.4 is 14.8 Å². The molecule has 0 aliphatic carbocycles. The number of hydrogen-bond donors (Lipinski definition) is 1. The molecule has 198 valence electrons. The molecule has 4 rings (SSSR count). The molecule has 9 nitrogen and oxygen atoms in total. The van der Waals surface area contributed by atoms with Crippen LogP contribution in [-0.4, -0.2) is 51.5 Å². The number of methoxy groups -OCH3 is 2. The molecular weight excluding hydrogens is 482 g/mol. The van der Waals surface area contributed by atoms with E-state index in [0.717, 1.165) is 11.1 Å². The number of nitrogens with one attached hydrogen (secondary N) is 1. The van der Waals surface area contributed by atoms with Crippen LogP contribution in [0.1, 0.15) is 37.9 Å². The third-order valence-electron chi connectivity index (χ3n) is 5.97. The van der Waals surface area contributed by atoms with Gasteiger partial charge in [0.2, 0.25) is 11.8 Å². The predicted octanol–water partition coefficient (Wildman–Crippen LogP) is 4.13. The van der Waals surface area contributed by atoms with E-state index in [1.54, 1.807) is 42.0 Å². The zero-order chi connectivity index (χ0) is 27.3. The van der Waals surface area contributed by atoms with Gasteiger partial charge in [0, 0.05) is 18.2 Å². The number of amides is 2. The van der Waals surface area contributed by atoms with Crippen molar-refractivity contribution in [2.75, 3.05) is 14.2 Å². The Kier molecular flexibility index (Phi) is 7.95. The van der Waals surface area contributed by atoms with Gasteiger partial charge in [0.25, 0.3) is 0 Å². The molecule has 1 heterocycles. The topological polar surface area (TPSA) is 98.6 Å². The Morgan fingerprint density at radius 1 is 0.947 bits per heavy atom. The van der Waals surface area contributed by atoms with Crippen LogP contribution in [0, 0.1) is 0 Å². The lowest BCUT2D eigenvalue weighted by molar-refractivity contribution is -0.142. The molecule has 2 amide bonds. The number of fused-ring (bicyclic) bond motifs is 1. The lowest BCUT2D eigenvalue weighted by atomic mass is 10.00. The summed E-state index contributed by atoms with van der Waals surface area (Å²) in [6.45, 7) is 5.82. The number of hydrogen-bond acceptors (Lipinski definition) is 6. The van der Waals surface area contributed by atoms with E-state index in [9.17, 15) is 9.59 Å². The minimum Gasteiger partial charge on any atom is -0.497 e. The van der Waals surface area contributed by atoms with Crippen molar-refractivity contribution in [1.82, 2.24) is 25.2 Å². The Morgan fingerprint density at radius 3 is 2.21 bits per heavy atom. The Balaban J connectivity index is 1.82. The summed E-state index contributed by atoms with van der Waals surface area (Å²) in [6.07, 6.45) is 0. The van der Waals surface area contributed by atoms with E-state index in [4.69, 9.17) is 9.47 Å². The van der Waals surface area contributed by atoms with Gasteiger partial charge in [0.1, 0.15) is 29.6 Å². The number of carbonyl (C=O) groups is 2. The number of para-hydroxylation sites is 1. The van der Waals surface area contributed by atoms with Gasteiger partial charge in [-0.25, -0.2) is 4.68 Å². The van der Waals surface area contributed by atoms with Crippen LogP contribution in [-0.2, 0) is 22.7 Å². The van der Waals surface area contributed by atoms with Gasteiger partial charge in [-0.15, -0.1) is 5.10 Å². The summed E-state index contributed by atoms with van der Waals surface area (Å²) in [6, 6.07) is 21.3. The second-order valence-corrected chi connectivity index (χ2v) is 10.0. The lowest BCUT2D eigenvalue weighted by Crippen LogP contribution is -2.49. The molecule has 1 atom stereocenters. The van der Waals surface area contributed by atoms with Crippen LogP contribution in [0.4, 0.5) is 0 Å². The van der Waals surface area contributed by atoms with Gasteiger partial charge in [-0.2, -0.15) is 0 Å². The van der Waals surface area contributed by atoms with Crippen molar-refractivity contribution in [3.05, 3.63) is 83.9 Å². The SMILES string of the molecule is COc1cc(OC)cc(C(C(=O)NC(C)(C)C)N(Cc2ccccc2)C(=O)Cn2nnc3ccccc32)c1. The van der Waals surface area contributed by atoms with E-state index in [2.05, 4.69) is 15.6 Å². The molecule has 3 aromatic carbocycles. The molecule has 4 aromatic rings. The van der Waals surface area contributed by atoms with E-state index in [0.29, 0.717) is 22.6 Å². The molecule has 0 aliphatic rings. The number of rotatable bonds is 9. The van der Waals surface area contributed by atoms with Crippen molar-refractivity contribution in [3.63, 3.8) is 0 Å². The normalized spacial score (nSPS) is 12.1. The zero-order valence-electron chi connectivity index (χ0n) is 22.3. The van der Waals surface area contributed by atoms with Gasteiger partial charge >= 0.3 is 0 Å². The van der Waals surface area contributed by atoms with Crippen molar-refractivity contribution in [2.45, 2.75) is 45.4 Å². The minimum absolute atomic E-state index is 0.0895. The largest absolute Gasteiger partial charge is 0.497 e. The quantitative estimate of drug-likeness (QED) is 0.360. The maximum Gasteiger partial charge on any atom is 0.247 e. The van der Waals surface area contributed by atoms with Crippen molar-refractivity contribution in [3.8, 4) is 11.5 Å². The molecular formula is C29H33N5O4. The van der Waals surface area contributed by atoms with Crippen LogP contribution in [0.3, 0.4) is 0 Å². The first-order valence-corrected chi connectivity index (χ1v) is 12.3. The molecule has 1 aromatic heterocycles. The van der Waals surface area contributed by atoms with Crippen molar-refractivity contribution >= 4 is 22.8 Å². The van der Waals surface area contributed by atoms with Gasteiger partial charge in [-0.1, -0.05) is 47.7 Å². The summed E-state index contributed by atoms with van der Waals surface area (Å²) >= 11 is 0. The lowest BCUT2D eigenvalue weighted by Gasteiger charge is -2.34. The van der Waals surface area contributed by atoms with E-state index in [-0.39, 0.29) is 24.9 Å². The third-order valence-corrected chi connectivity index (χ3v) is 5.97. The third kappa shape index (κ3) is 6.29. The minimum atomic E-state index is -0.972. The average Bonchev–Trinajstić information content (AvgIpc) is 3.30. The summed E-state index contributed by atoms with van der Waals surface area (Å²) < 4.78 is 12.5. The van der Waals surface area contributed by atoms with Gasteiger partial charge in [-0.3, -0.25) is 9.59 Å². The number of ether oxygens (including phenoxy) is 2. The molecule has 0 spiro atoms. The fraction of sp³-hybridized carbons (Fsp3) is 0.310. The standard InChI is InChI=1S/C29H33N5O4/c1-29(2,3)30-28(36)27(21-15-22(37-4)17-23(16-21)38-5)33(18-20-11-7-6-8-12-20)26(35)19-34-25-14-10-9-13-24(25)31-32-34/h6-17,27H,18-19H2,1-5H3,(H,30,36). The van der Waals surface area contributed by atoms with Gasteiger partial charge in [-0.05, 0) is 56.2 Å². The Bertz CT molecular complexity index is 1390. The summed E-state index contributed by atoms with van der Waals surface area (Å²) in [4.78, 5) is 29.5. The van der Waals surface area contributed by atoms with Gasteiger partial charge < -0.3 is 19.7 Å². The van der Waals surface area contributed by atoms with Crippen LogP contribution in [0.5, 0.6) is 11.5 Å². The molecule has 38 heavy (non-hydrogen) atoms. The fourth-order valence-electron chi connectivity index (χ4n) is 4.25. The Hall–Kier alpha value is -4.40. The molecule has 0 saturated carbocycles. The van der Waals surface area contributed by atoms with Crippen LogP contribution in [0.2, 0.25) is 0 Å². The first-order valence-electron chi connectivity index (χ1n) is 12.3. The van der Waals surface area contributed by atoms with Crippen LogP contribution in [0.15, 0.2) is 72.8 Å². The summed E-state index contributed by atoms with van der Waals surface area (Å²) in [7, 11) is 3.09.